The van der Waals surface area contributed by atoms with Gasteiger partial charge >= 0.3 is 0 Å². The summed E-state index contributed by atoms with van der Waals surface area (Å²) in [5, 5.41) is 18.6. The first-order valence-electron chi connectivity index (χ1n) is 8.26. The minimum atomic E-state index is -0.483. The number of nitrogens with zero attached hydrogens (tertiary/aromatic N) is 4. The van der Waals surface area contributed by atoms with Crippen LogP contribution in [-0.2, 0) is 7.05 Å². The van der Waals surface area contributed by atoms with Gasteiger partial charge in [0.2, 0.25) is 0 Å². The van der Waals surface area contributed by atoms with E-state index >= 15 is 0 Å². The smallest absolute Gasteiger partial charge is 0.259 e. The number of rotatable bonds is 3. The number of fused-ring (bicyclic) bond motifs is 3. The Morgan fingerprint density at radius 2 is 1.81 bits per heavy atom. The molecule has 0 fully saturated rings. The number of anilines is 1. The molecule has 1 aromatic heterocycles. The SMILES string of the molecule is Cn1c2ccccc2c2cc(C(=O)Nc3ccccc3N=[N+]=[N-])c(O)cc21. The highest BCUT2D eigenvalue weighted by atomic mass is 16.3. The van der Waals surface area contributed by atoms with Crippen molar-refractivity contribution in [3.63, 3.8) is 0 Å². The molecule has 0 radical (unpaired) electrons. The summed E-state index contributed by atoms with van der Waals surface area (Å²) in [4.78, 5) is 15.5. The van der Waals surface area contributed by atoms with E-state index in [0.717, 1.165) is 21.8 Å². The van der Waals surface area contributed by atoms with Crippen molar-refractivity contribution < 1.29 is 9.90 Å². The maximum atomic E-state index is 12.8. The van der Waals surface area contributed by atoms with E-state index < -0.39 is 5.91 Å². The Hall–Kier alpha value is -3.96. The lowest BCUT2D eigenvalue weighted by Crippen LogP contribution is -2.12. The Balaban J connectivity index is 1.82. The van der Waals surface area contributed by atoms with Crippen molar-refractivity contribution in [2.45, 2.75) is 0 Å². The van der Waals surface area contributed by atoms with Crippen molar-refractivity contribution >= 4 is 39.1 Å². The maximum Gasteiger partial charge on any atom is 0.259 e. The third-order valence-electron chi connectivity index (χ3n) is 4.58. The van der Waals surface area contributed by atoms with Crippen LogP contribution in [-0.4, -0.2) is 15.6 Å². The van der Waals surface area contributed by atoms with Crippen molar-refractivity contribution in [1.29, 1.82) is 0 Å². The lowest BCUT2D eigenvalue weighted by Gasteiger charge is -2.09. The first kappa shape index (κ1) is 16.5. The molecule has 0 saturated carbocycles. The van der Waals surface area contributed by atoms with E-state index in [9.17, 15) is 9.90 Å². The summed E-state index contributed by atoms with van der Waals surface area (Å²) in [6.45, 7) is 0. The molecule has 0 bridgehead atoms. The maximum absolute atomic E-state index is 12.8. The molecule has 0 unspecified atom stereocenters. The molecular weight excluding hydrogens is 342 g/mol. The number of hydrogen-bond acceptors (Lipinski definition) is 3. The van der Waals surface area contributed by atoms with E-state index in [1.165, 1.54) is 0 Å². The van der Waals surface area contributed by atoms with Gasteiger partial charge in [-0.1, -0.05) is 41.5 Å². The summed E-state index contributed by atoms with van der Waals surface area (Å²) in [6, 6.07) is 17.8. The van der Waals surface area contributed by atoms with Crippen molar-refractivity contribution in [3.05, 3.63) is 76.7 Å². The number of carbonyl (C=O) groups excluding carboxylic acids is 1. The predicted molar refractivity (Wildman–Crippen MR) is 105 cm³/mol. The van der Waals surface area contributed by atoms with Crippen LogP contribution < -0.4 is 5.32 Å². The lowest BCUT2D eigenvalue weighted by atomic mass is 10.1. The van der Waals surface area contributed by atoms with Crippen molar-refractivity contribution in [2.75, 3.05) is 5.32 Å². The van der Waals surface area contributed by atoms with Gasteiger partial charge in [-0.25, -0.2) is 0 Å². The molecule has 0 saturated heterocycles. The fraction of sp³-hybridized carbons (Fsp3) is 0.0500. The van der Waals surface area contributed by atoms with Crippen molar-refractivity contribution in [3.8, 4) is 5.75 Å². The highest BCUT2D eigenvalue weighted by molar-refractivity contribution is 6.14. The Morgan fingerprint density at radius 1 is 1.07 bits per heavy atom. The highest BCUT2D eigenvalue weighted by Gasteiger charge is 2.17. The van der Waals surface area contributed by atoms with Gasteiger partial charge in [0.15, 0.2) is 0 Å². The van der Waals surface area contributed by atoms with E-state index in [-0.39, 0.29) is 11.3 Å². The molecule has 27 heavy (non-hydrogen) atoms. The van der Waals surface area contributed by atoms with Gasteiger partial charge in [0.05, 0.1) is 22.5 Å². The van der Waals surface area contributed by atoms with E-state index in [4.69, 9.17) is 5.53 Å². The summed E-state index contributed by atoms with van der Waals surface area (Å²) < 4.78 is 1.98. The number of aromatic nitrogens is 1. The Morgan fingerprint density at radius 3 is 2.63 bits per heavy atom. The third-order valence-corrected chi connectivity index (χ3v) is 4.58. The topological polar surface area (TPSA) is 103 Å². The van der Waals surface area contributed by atoms with Gasteiger partial charge in [-0.2, -0.15) is 0 Å². The number of nitrogens with one attached hydrogen (secondary N) is 1. The Labute approximate surface area is 154 Å². The average molecular weight is 357 g/mol. The normalized spacial score (nSPS) is 10.7. The molecule has 0 atom stereocenters. The van der Waals surface area contributed by atoms with Crippen LogP contribution in [0.4, 0.5) is 11.4 Å². The molecule has 4 rings (SSSR count). The third kappa shape index (κ3) is 2.72. The molecule has 3 aromatic carbocycles. The Kier molecular flexibility index (Phi) is 3.91. The zero-order chi connectivity index (χ0) is 19.0. The Bertz CT molecular complexity index is 1250. The number of phenolic OH excluding ortho intramolecular Hbond substituents is 1. The number of aryl methyl sites for hydroxylation is 1. The van der Waals surface area contributed by atoms with E-state index in [0.29, 0.717) is 11.4 Å². The van der Waals surface area contributed by atoms with Crippen LogP contribution in [0, 0.1) is 0 Å². The van der Waals surface area contributed by atoms with E-state index in [2.05, 4.69) is 15.3 Å². The number of para-hydroxylation sites is 2. The summed E-state index contributed by atoms with van der Waals surface area (Å²) in [6.07, 6.45) is 0. The fourth-order valence-corrected chi connectivity index (χ4v) is 3.28. The number of hydrogen-bond donors (Lipinski definition) is 2. The van der Waals surface area contributed by atoms with Crippen LogP contribution in [0.25, 0.3) is 32.2 Å². The van der Waals surface area contributed by atoms with Crippen LogP contribution in [0.5, 0.6) is 5.75 Å². The number of benzene rings is 3. The van der Waals surface area contributed by atoms with Crippen LogP contribution in [0.3, 0.4) is 0 Å². The second kappa shape index (κ2) is 6.40. The zero-order valence-corrected chi connectivity index (χ0v) is 14.4. The van der Waals surface area contributed by atoms with Crippen LogP contribution in [0.1, 0.15) is 10.4 Å². The minimum absolute atomic E-state index is 0.118. The van der Waals surface area contributed by atoms with Gasteiger partial charge in [0, 0.05) is 34.3 Å². The van der Waals surface area contributed by atoms with Crippen LogP contribution in [0.15, 0.2) is 65.8 Å². The molecule has 7 heteroatoms. The monoisotopic (exact) mass is 357 g/mol. The summed E-state index contributed by atoms with van der Waals surface area (Å²) in [5.74, 6) is -0.602. The largest absolute Gasteiger partial charge is 0.507 e. The molecule has 1 amide bonds. The fourth-order valence-electron chi connectivity index (χ4n) is 3.28. The van der Waals surface area contributed by atoms with Crippen molar-refractivity contribution in [1.82, 2.24) is 4.57 Å². The second-order valence-electron chi connectivity index (χ2n) is 6.12. The number of amides is 1. The highest BCUT2D eigenvalue weighted by Crippen LogP contribution is 2.33. The summed E-state index contributed by atoms with van der Waals surface area (Å²) in [7, 11) is 1.92. The molecule has 1 heterocycles. The number of phenols is 1. The van der Waals surface area contributed by atoms with Gasteiger partial charge < -0.3 is 15.0 Å². The molecule has 4 aromatic rings. The summed E-state index contributed by atoms with van der Waals surface area (Å²) >= 11 is 0. The van der Waals surface area contributed by atoms with E-state index in [1.807, 2.05) is 35.9 Å². The lowest BCUT2D eigenvalue weighted by molar-refractivity contribution is 0.102. The molecule has 0 aliphatic carbocycles. The first-order chi connectivity index (χ1) is 13.1. The number of carbonyl (C=O) groups is 1. The van der Waals surface area contributed by atoms with Crippen LogP contribution in [0.2, 0.25) is 0 Å². The van der Waals surface area contributed by atoms with Crippen molar-refractivity contribution in [2.24, 2.45) is 12.2 Å². The predicted octanol–water partition coefficient (Wildman–Crippen LogP) is 5.23. The standard InChI is InChI=1S/C20H15N5O2/c1-25-17-9-5-2-6-12(17)13-10-14(19(26)11-18(13)25)20(27)22-15-7-3-4-8-16(15)23-24-21/h2-11,26H,1H3,(H,22,27). The molecule has 0 aliphatic heterocycles. The molecular formula is C20H15N5O2. The minimum Gasteiger partial charge on any atom is -0.507 e. The number of azide groups is 1. The van der Waals surface area contributed by atoms with Crippen LogP contribution >= 0.6 is 0 Å². The zero-order valence-electron chi connectivity index (χ0n) is 14.4. The average Bonchev–Trinajstić information content (AvgIpc) is 2.95. The first-order valence-corrected chi connectivity index (χ1v) is 8.26. The second-order valence-corrected chi connectivity index (χ2v) is 6.12. The van der Waals surface area contributed by atoms with Gasteiger partial charge in [-0.15, -0.1) is 0 Å². The molecule has 0 spiro atoms. The van der Waals surface area contributed by atoms with E-state index in [1.54, 1.807) is 36.4 Å². The molecule has 7 nitrogen and oxygen atoms in total. The van der Waals surface area contributed by atoms with Gasteiger partial charge in [0.1, 0.15) is 5.75 Å². The van der Waals surface area contributed by atoms with Gasteiger partial charge in [-0.3, -0.25) is 4.79 Å². The quantitative estimate of drug-likeness (QED) is 0.298. The summed E-state index contributed by atoms with van der Waals surface area (Å²) in [5.41, 5.74) is 11.3. The molecule has 132 valence electrons. The molecule has 2 N–H and O–H groups in total. The number of aromatic hydroxyl groups is 1. The van der Waals surface area contributed by atoms with Gasteiger partial charge in [-0.05, 0) is 23.7 Å². The molecule has 0 aliphatic rings. The van der Waals surface area contributed by atoms with Gasteiger partial charge in [0.25, 0.3) is 5.91 Å².